The number of carbonyl (C=O) groups excluding carboxylic acids is 2. The van der Waals surface area contributed by atoms with Gasteiger partial charge < -0.3 is 9.47 Å². The predicted octanol–water partition coefficient (Wildman–Crippen LogP) is 3.50. The molecule has 0 aliphatic rings. The Kier molecular flexibility index (Phi) is 4.83. The number of hydrogen-bond donors (Lipinski definition) is 0. The lowest BCUT2D eigenvalue weighted by Gasteiger charge is -2.07. The monoisotopic (exact) mass is 306 g/mol. The number of rotatable bonds is 5. The van der Waals surface area contributed by atoms with Crippen LogP contribution in [0.5, 0.6) is 11.5 Å². The van der Waals surface area contributed by atoms with E-state index in [9.17, 15) is 18.4 Å². The molecule has 2 aromatic carbocycles. The van der Waals surface area contributed by atoms with Gasteiger partial charge in [-0.15, -0.1) is 0 Å². The summed E-state index contributed by atoms with van der Waals surface area (Å²) in [4.78, 5) is 22.8. The molecule has 0 aromatic heterocycles. The highest BCUT2D eigenvalue weighted by molar-refractivity contribution is 6.05. The molecule has 0 atom stereocenters. The van der Waals surface area contributed by atoms with Crippen LogP contribution in [0.2, 0.25) is 0 Å². The number of carbonyl (C=O) groups is 2. The van der Waals surface area contributed by atoms with E-state index in [2.05, 4.69) is 4.74 Å². The van der Waals surface area contributed by atoms with Crippen LogP contribution in [0.4, 0.5) is 8.78 Å². The Hall–Kier alpha value is -2.76. The van der Waals surface area contributed by atoms with Crippen LogP contribution in [0.15, 0.2) is 42.5 Å². The molecular weight excluding hydrogens is 294 g/mol. The van der Waals surface area contributed by atoms with Gasteiger partial charge in [-0.25, -0.2) is 8.78 Å². The molecule has 0 unspecified atom stereocenters. The zero-order valence-electron chi connectivity index (χ0n) is 11.6. The second-order valence-corrected chi connectivity index (χ2v) is 4.38. The molecule has 114 valence electrons. The summed E-state index contributed by atoms with van der Waals surface area (Å²) in [6, 6.07) is 8.75. The SMILES string of the molecule is COC(=O)CC(=O)c1ccc(Oc2ccc(F)cc2F)cc1. The lowest BCUT2D eigenvalue weighted by atomic mass is 10.1. The number of Topliss-reactive ketones (excluding diaryl/α,β-unsaturated/α-hetero) is 1. The molecule has 4 nitrogen and oxygen atoms in total. The Morgan fingerprint density at radius 1 is 1.05 bits per heavy atom. The summed E-state index contributed by atoms with van der Waals surface area (Å²) in [6.07, 6.45) is -0.358. The van der Waals surface area contributed by atoms with Crippen molar-refractivity contribution < 1.29 is 27.8 Å². The maximum Gasteiger partial charge on any atom is 0.313 e. The standard InChI is InChI=1S/C16H12F2O4/c1-21-16(20)9-14(19)10-2-5-12(6-3-10)22-15-7-4-11(17)8-13(15)18/h2-8H,9H2,1H3. The molecule has 0 amide bonds. The van der Waals surface area contributed by atoms with Crippen molar-refractivity contribution in [1.29, 1.82) is 0 Å². The van der Waals surface area contributed by atoms with Gasteiger partial charge in [0.25, 0.3) is 0 Å². The number of methoxy groups -OCH3 is 1. The Morgan fingerprint density at radius 3 is 2.32 bits per heavy atom. The topological polar surface area (TPSA) is 52.6 Å². The molecule has 0 heterocycles. The van der Waals surface area contributed by atoms with Gasteiger partial charge in [-0.3, -0.25) is 9.59 Å². The molecule has 0 fully saturated rings. The molecule has 0 aliphatic carbocycles. The first-order valence-corrected chi connectivity index (χ1v) is 6.32. The average Bonchev–Trinajstić information content (AvgIpc) is 2.50. The fourth-order valence-electron chi connectivity index (χ4n) is 1.70. The molecule has 0 aliphatic heterocycles. The van der Waals surface area contributed by atoms with Crippen LogP contribution in [0.25, 0.3) is 0 Å². The minimum atomic E-state index is -0.828. The number of hydrogen-bond acceptors (Lipinski definition) is 4. The highest BCUT2D eigenvalue weighted by Gasteiger charge is 2.12. The number of halogens is 2. The molecule has 0 spiro atoms. The summed E-state index contributed by atoms with van der Waals surface area (Å²) in [5.74, 6) is -2.40. The predicted molar refractivity (Wildman–Crippen MR) is 73.8 cm³/mol. The maximum absolute atomic E-state index is 13.5. The Labute approximate surface area is 125 Å². The molecule has 0 N–H and O–H groups in total. The fourth-order valence-corrected chi connectivity index (χ4v) is 1.70. The first-order valence-electron chi connectivity index (χ1n) is 6.32. The minimum absolute atomic E-state index is 0.130. The average molecular weight is 306 g/mol. The Morgan fingerprint density at radius 2 is 1.73 bits per heavy atom. The first kappa shape index (κ1) is 15.6. The highest BCUT2D eigenvalue weighted by Crippen LogP contribution is 2.25. The van der Waals surface area contributed by atoms with E-state index in [-0.39, 0.29) is 17.9 Å². The van der Waals surface area contributed by atoms with Gasteiger partial charge in [-0.1, -0.05) is 0 Å². The van der Waals surface area contributed by atoms with Gasteiger partial charge in [0.2, 0.25) is 0 Å². The van der Waals surface area contributed by atoms with Gasteiger partial charge >= 0.3 is 5.97 Å². The molecule has 6 heteroatoms. The lowest BCUT2D eigenvalue weighted by molar-refractivity contribution is -0.139. The van der Waals surface area contributed by atoms with E-state index in [0.717, 1.165) is 6.07 Å². The van der Waals surface area contributed by atoms with Crippen LogP contribution in [-0.4, -0.2) is 18.9 Å². The summed E-state index contributed by atoms with van der Waals surface area (Å²) in [7, 11) is 1.20. The summed E-state index contributed by atoms with van der Waals surface area (Å²) >= 11 is 0. The van der Waals surface area contributed by atoms with Crippen LogP contribution in [-0.2, 0) is 9.53 Å². The van der Waals surface area contributed by atoms with Gasteiger partial charge in [0.05, 0.1) is 7.11 Å². The van der Waals surface area contributed by atoms with Crippen molar-refractivity contribution in [3.8, 4) is 11.5 Å². The number of benzene rings is 2. The van der Waals surface area contributed by atoms with Crippen molar-refractivity contribution in [3.63, 3.8) is 0 Å². The quantitative estimate of drug-likeness (QED) is 0.482. The van der Waals surface area contributed by atoms with Gasteiger partial charge in [-0.2, -0.15) is 0 Å². The fraction of sp³-hybridized carbons (Fsp3) is 0.125. The smallest absolute Gasteiger partial charge is 0.313 e. The summed E-state index contributed by atoms with van der Waals surface area (Å²) in [6.45, 7) is 0. The minimum Gasteiger partial charge on any atom is -0.469 e. The van der Waals surface area contributed by atoms with Crippen LogP contribution < -0.4 is 4.74 Å². The van der Waals surface area contributed by atoms with Gasteiger partial charge in [0, 0.05) is 11.6 Å². The third kappa shape index (κ3) is 3.88. The van der Waals surface area contributed by atoms with Crippen LogP contribution in [0, 0.1) is 11.6 Å². The number of ether oxygens (including phenoxy) is 2. The van der Waals surface area contributed by atoms with E-state index < -0.39 is 23.4 Å². The molecule has 22 heavy (non-hydrogen) atoms. The lowest BCUT2D eigenvalue weighted by Crippen LogP contribution is -2.09. The molecule has 2 rings (SSSR count). The van der Waals surface area contributed by atoms with Crippen molar-refractivity contribution in [3.05, 3.63) is 59.7 Å². The van der Waals surface area contributed by atoms with E-state index >= 15 is 0 Å². The van der Waals surface area contributed by atoms with Crippen molar-refractivity contribution in [2.45, 2.75) is 6.42 Å². The third-order valence-corrected chi connectivity index (χ3v) is 2.83. The largest absolute Gasteiger partial charge is 0.469 e. The summed E-state index contributed by atoms with van der Waals surface area (Å²) in [5.41, 5.74) is 0.303. The van der Waals surface area contributed by atoms with E-state index in [4.69, 9.17) is 4.74 Å². The van der Waals surface area contributed by atoms with Crippen LogP contribution in [0.3, 0.4) is 0 Å². The highest BCUT2D eigenvalue weighted by atomic mass is 19.1. The van der Waals surface area contributed by atoms with E-state index in [1.165, 1.54) is 37.4 Å². The molecule has 0 radical (unpaired) electrons. The van der Waals surface area contributed by atoms with E-state index in [1.807, 2.05) is 0 Å². The van der Waals surface area contributed by atoms with Gasteiger partial charge in [-0.05, 0) is 36.4 Å². The summed E-state index contributed by atoms with van der Waals surface area (Å²) in [5, 5.41) is 0. The Balaban J connectivity index is 2.08. The molecule has 2 aromatic rings. The summed E-state index contributed by atoms with van der Waals surface area (Å²) < 4.78 is 35.9. The zero-order valence-corrected chi connectivity index (χ0v) is 11.6. The molecule has 0 bridgehead atoms. The van der Waals surface area contributed by atoms with E-state index in [1.54, 1.807) is 0 Å². The van der Waals surface area contributed by atoms with Crippen LogP contribution in [0.1, 0.15) is 16.8 Å². The van der Waals surface area contributed by atoms with E-state index in [0.29, 0.717) is 11.6 Å². The normalized spacial score (nSPS) is 10.1. The van der Waals surface area contributed by atoms with Crippen molar-refractivity contribution in [2.75, 3.05) is 7.11 Å². The number of ketones is 1. The second-order valence-electron chi connectivity index (χ2n) is 4.38. The number of esters is 1. The first-order chi connectivity index (χ1) is 10.5. The van der Waals surface area contributed by atoms with Crippen molar-refractivity contribution in [1.82, 2.24) is 0 Å². The molecule has 0 saturated carbocycles. The van der Waals surface area contributed by atoms with Gasteiger partial charge in [0.15, 0.2) is 17.3 Å². The van der Waals surface area contributed by atoms with Crippen LogP contribution >= 0.6 is 0 Å². The third-order valence-electron chi connectivity index (χ3n) is 2.83. The molecular formula is C16H12F2O4. The van der Waals surface area contributed by atoms with Crippen molar-refractivity contribution >= 4 is 11.8 Å². The maximum atomic E-state index is 13.5. The second kappa shape index (κ2) is 6.80. The zero-order chi connectivity index (χ0) is 16.1. The molecule has 0 saturated heterocycles. The van der Waals surface area contributed by atoms with Gasteiger partial charge in [0.1, 0.15) is 18.0 Å². The Bertz CT molecular complexity index is 696. The van der Waals surface area contributed by atoms with Crippen molar-refractivity contribution in [2.24, 2.45) is 0 Å².